The predicted octanol–water partition coefficient (Wildman–Crippen LogP) is 3.19. The summed E-state index contributed by atoms with van der Waals surface area (Å²) >= 11 is 1.28. The average Bonchev–Trinajstić information content (AvgIpc) is 3.15. The smallest absolute Gasteiger partial charge is 0.243 e. The quantitative estimate of drug-likeness (QED) is 0.395. The van der Waals surface area contributed by atoms with Crippen LogP contribution in [-0.4, -0.2) is 60.1 Å². The van der Waals surface area contributed by atoms with Crippen molar-refractivity contribution >= 4 is 38.6 Å². The molecule has 1 fully saturated rings. The van der Waals surface area contributed by atoms with Crippen LogP contribution in [0.3, 0.4) is 0 Å². The van der Waals surface area contributed by atoms with E-state index in [-0.39, 0.29) is 22.2 Å². The second kappa shape index (κ2) is 9.07. The molecule has 0 aliphatic carbocycles. The lowest BCUT2D eigenvalue weighted by Gasteiger charge is -2.26. The van der Waals surface area contributed by atoms with E-state index in [1.165, 1.54) is 40.3 Å². The third-order valence-corrected chi connectivity index (χ3v) is 7.98. The lowest BCUT2D eigenvalue weighted by Crippen LogP contribution is -2.40. The van der Waals surface area contributed by atoms with Gasteiger partial charge in [0.05, 0.1) is 34.9 Å². The van der Waals surface area contributed by atoms with E-state index in [0.29, 0.717) is 49.1 Å². The molecule has 1 aliphatic heterocycles. The minimum atomic E-state index is -3.62. The fraction of sp³-hybridized carbons (Fsp3) is 0.333. The maximum absolute atomic E-state index is 13.1. The summed E-state index contributed by atoms with van der Waals surface area (Å²) in [5.74, 6) is -0.372. The fourth-order valence-corrected chi connectivity index (χ4v) is 5.85. The first kappa shape index (κ1) is 21.9. The van der Waals surface area contributed by atoms with Crippen molar-refractivity contribution in [1.82, 2.24) is 13.9 Å². The molecule has 1 saturated heterocycles. The second-order valence-corrected chi connectivity index (χ2v) is 9.90. The van der Waals surface area contributed by atoms with Crippen LogP contribution in [0.4, 0.5) is 4.39 Å². The Kier molecular flexibility index (Phi) is 6.42. The van der Waals surface area contributed by atoms with Gasteiger partial charge in [0.25, 0.3) is 0 Å². The molecule has 7 nitrogen and oxygen atoms in total. The number of morpholine rings is 1. The summed E-state index contributed by atoms with van der Waals surface area (Å²) in [5, 5.41) is 0.633. The van der Waals surface area contributed by atoms with E-state index in [4.69, 9.17) is 4.74 Å². The maximum atomic E-state index is 13.1. The summed E-state index contributed by atoms with van der Waals surface area (Å²) in [5.41, 5.74) is 1.81. The van der Waals surface area contributed by atoms with Crippen molar-refractivity contribution in [3.63, 3.8) is 0 Å². The Balaban J connectivity index is 1.58. The molecule has 3 aromatic rings. The predicted molar refractivity (Wildman–Crippen MR) is 116 cm³/mol. The molecular weight excluding hydrogens is 441 g/mol. The molecule has 0 spiro atoms. The van der Waals surface area contributed by atoms with E-state index in [9.17, 15) is 17.6 Å². The van der Waals surface area contributed by atoms with Crippen molar-refractivity contribution in [3.05, 3.63) is 53.8 Å². The second-order valence-electron chi connectivity index (χ2n) is 7.02. The number of aryl methyl sites for hydroxylation is 1. The van der Waals surface area contributed by atoms with E-state index in [2.05, 4.69) is 4.98 Å². The summed E-state index contributed by atoms with van der Waals surface area (Å²) in [4.78, 5) is 17.2. The molecule has 10 heteroatoms. The van der Waals surface area contributed by atoms with Crippen LogP contribution in [0.1, 0.15) is 17.3 Å². The van der Waals surface area contributed by atoms with Gasteiger partial charge in [-0.25, -0.2) is 17.8 Å². The van der Waals surface area contributed by atoms with E-state index in [1.807, 2.05) is 11.5 Å². The van der Waals surface area contributed by atoms with Crippen molar-refractivity contribution in [1.29, 1.82) is 0 Å². The number of ether oxygens (including phenoxy) is 1. The third kappa shape index (κ3) is 4.52. The molecule has 0 radical (unpaired) electrons. The lowest BCUT2D eigenvalue weighted by molar-refractivity contribution is 0.0730. The van der Waals surface area contributed by atoms with E-state index in [0.717, 1.165) is 5.52 Å². The zero-order valence-corrected chi connectivity index (χ0v) is 18.6. The molecule has 4 rings (SSSR count). The summed E-state index contributed by atoms with van der Waals surface area (Å²) in [6.45, 7) is 4.01. The molecule has 0 amide bonds. The van der Waals surface area contributed by atoms with Crippen LogP contribution in [0.5, 0.6) is 0 Å². The number of carbonyl (C=O) groups is 1. The fourth-order valence-electron chi connectivity index (χ4n) is 3.45. The average molecular weight is 464 g/mol. The summed E-state index contributed by atoms with van der Waals surface area (Å²) in [6, 6.07) is 10.4. The highest BCUT2D eigenvalue weighted by atomic mass is 32.2. The highest BCUT2D eigenvalue weighted by Gasteiger charge is 2.27. The van der Waals surface area contributed by atoms with Gasteiger partial charge in [0.1, 0.15) is 5.82 Å². The number of rotatable bonds is 7. The number of ketones is 1. The number of fused-ring (bicyclic) bond motifs is 1. The van der Waals surface area contributed by atoms with Gasteiger partial charge in [-0.3, -0.25) is 4.79 Å². The molecule has 0 unspecified atom stereocenters. The molecular formula is C21H22FN3O4S2. The van der Waals surface area contributed by atoms with Crippen LogP contribution in [0.25, 0.3) is 11.0 Å². The normalized spacial score (nSPS) is 15.4. The molecule has 1 aliphatic rings. The topological polar surface area (TPSA) is 81.5 Å². The SMILES string of the molecule is CCn1c(SCC(=O)c2ccc(F)cc2)nc2cc(S(=O)(=O)N3CCOCC3)ccc21. The van der Waals surface area contributed by atoms with Gasteiger partial charge < -0.3 is 9.30 Å². The molecule has 0 atom stereocenters. The van der Waals surface area contributed by atoms with Gasteiger partial charge in [-0.05, 0) is 49.4 Å². The number of thioether (sulfide) groups is 1. The number of aromatic nitrogens is 2. The molecule has 31 heavy (non-hydrogen) atoms. The van der Waals surface area contributed by atoms with Gasteiger partial charge >= 0.3 is 0 Å². The molecule has 164 valence electrons. The maximum Gasteiger partial charge on any atom is 0.243 e. The van der Waals surface area contributed by atoms with Gasteiger partial charge in [0.15, 0.2) is 10.9 Å². The summed E-state index contributed by atoms with van der Waals surface area (Å²) < 4.78 is 47.6. The van der Waals surface area contributed by atoms with Gasteiger partial charge in [0.2, 0.25) is 10.0 Å². The van der Waals surface area contributed by atoms with Crippen LogP contribution in [0, 0.1) is 5.82 Å². The minimum absolute atomic E-state index is 0.129. The lowest BCUT2D eigenvalue weighted by atomic mass is 10.1. The van der Waals surface area contributed by atoms with Gasteiger partial charge in [-0.15, -0.1) is 0 Å². The Morgan fingerprint density at radius 2 is 1.87 bits per heavy atom. The number of carbonyl (C=O) groups excluding carboxylic acids is 1. The molecule has 1 aromatic heterocycles. The van der Waals surface area contributed by atoms with Crippen molar-refractivity contribution in [2.45, 2.75) is 23.5 Å². The van der Waals surface area contributed by atoms with Crippen molar-refractivity contribution in [3.8, 4) is 0 Å². The minimum Gasteiger partial charge on any atom is -0.379 e. The Bertz CT molecular complexity index is 1200. The highest BCUT2D eigenvalue weighted by Crippen LogP contribution is 2.28. The largest absolute Gasteiger partial charge is 0.379 e. The zero-order chi connectivity index (χ0) is 22.0. The number of benzene rings is 2. The molecule has 2 aromatic carbocycles. The van der Waals surface area contributed by atoms with Gasteiger partial charge in [-0.2, -0.15) is 4.31 Å². The van der Waals surface area contributed by atoms with Crippen LogP contribution < -0.4 is 0 Å². The third-order valence-electron chi connectivity index (χ3n) is 5.11. The Morgan fingerprint density at radius 3 is 2.55 bits per heavy atom. The van der Waals surface area contributed by atoms with Crippen LogP contribution in [-0.2, 0) is 21.3 Å². The Hall–Kier alpha value is -2.27. The molecule has 0 saturated carbocycles. The van der Waals surface area contributed by atoms with E-state index < -0.39 is 10.0 Å². The van der Waals surface area contributed by atoms with Crippen LogP contribution in [0.2, 0.25) is 0 Å². The van der Waals surface area contributed by atoms with Crippen LogP contribution >= 0.6 is 11.8 Å². The standard InChI is InChI=1S/C21H22FN3O4S2/c1-2-25-19-8-7-17(31(27,28)24-9-11-29-12-10-24)13-18(19)23-21(25)30-14-20(26)15-3-5-16(22)6-4-15/h3-8,13H,2,9-12,14H2,1H3. The Morgan fingerprint density at radius 1 is 1.16 bits per heavy atom. The molecule has 0 bridgehead atoms. The first-order valence-electron chi connectivity index (χ1n) is 9.90. The number of imidazole rings is 1. The van der Waals surface area contributed by atoms with Gasteiger partial charge in [-0.1, -0.05) is 11.8 Å². The first-order valence-corrected chi connectivity index (χ1v) is 12.3. The number of sulfonamides is 1. The summed E-state index contributed by atoms with van der Waals surface area (Å²) in [7, 11) is -3.62. The highest BCUT2D eigenvalue weighted by molar-refractivity contribution is 7.99. The van der Waals surface area contributed by atoms with E-state index in [1.54, 1.807) is 18.2 Å². The van der Waals surface area contributed by atoms with Crippen molar-refractivity contribution in [2.75, 3.05) is 32.1 Å². The van der Waals surface area contributed by atoms with Gasteiger partial charge in [0, 0.05) is 25.2 Å². The number of Topliss-reactive ketones (excluding diaryl/α,β-unsaturated/α-hetero) is 1. The monoisotopic (exact) mass is 463 g/mol. The van der Waals surface area contributed by atoms with Crippen molar-refractivity contribution in [2.24, 2.45) is 0 Å². The van der Waals surface area contributed by atoms with Crippen LogP contribution in [0.15, 0.2) is 52.5 Å². The first-order chi connectivity index (χ1) is 14.9. The Labute approximate surface area is 184 Å². The van der Waals surface area contributed by atoms with E-state index >= 15 is 0 Å². The number of nitrogens with zero attached hydrogens (tertiary/aromatic N) is 3. The zero-order valence-electron chi connectivity index (χ0n) is 17.0. The number of hydrogen-bond donors (Lipinski definition) is 0. The van der Waals surface area contributed by atoms with Crippen molar-refractivity contribution < 1.29 is 22.3 Å². The number of hydrogen-bond acceptors (Lipinski definition) is 6. The summed E-state index contributed by atoms with van der Waals surface area (Å²) in [6.07, 6.45) is 0. The number of halogens is 1. The molecule has 0 N–H and O–H groups in total. The molecule has 2 heterocycles.